The molecule has 2 N–H and O–H groups in total. The van der Waals surface area contributed by atoms with Crippen LogP contribution in [0.2, 0.25) is 0 Å². The van der Waals surface area contributed by atoms with E-state index in [1.54, 1.807) is 0 Å². The van der Waals surface area contributed by atoms with Gasteiger partial charge in [0.05, 0.1) is 10.2 Å². The normalized spacial score (nSPS) is 23.2. The number of non-ortho nitro benzene ring substituents is 1. The van der Waals surface area contributed by atoms with Gasteiger partial charge in [0, 0.05) is 24.3 Å². The second-order valence-corrected chi connectivity index (χ2v) is 12.3. The minimum absolute atomic E-state index is 0.0332. The molecule has 194 valence electrons. The van der Waals surface area contributed by atoms with Gasteiger partial charge in [0.2, 0.25) is 0 Å². The van der Waals surface area contributed by atoms with E-state index in [9.17, 15) is 38.3 Å². The van der Waals surface area contributed by atoms with Crippen LogP contribution in [0.5, 0.6) is 0 Å². The summed E-state index contributed by atoms with van der Waals surface area (Å²) in [7, 11) is -4.51. The number of halogens is 1. The quantitative estimate of drug-likeness (QED) is 0.448. The number of ether oxygens (including phenoxy) is 1. The fourth-order valence-corrected chi connectivity index (χ4v) is 6.20. The molecule has 1 unspecified atom stereocenters. The number of benzene rings is 1. The van der Waals surface area contributed by atoms with Crippen LogP contribution in [0.25, 0.3) is 0 Å². The third-order valence-corrected chi connectivity index (χ3v) is 8.71. The molecule has 0 aliphatic carbocycles. The molecule has 0 saturated heterocycles. The number of nitro benzene ring substituents is 1. The van der Waals surface area contributed by atoms with Gasteiger partial charge in [-0.25, -0.2) is 22.4 Å². The van der Waals surface area contributed by atoms with E-state index < -0.39 is 84.0 Å². The number of aliphatic imine (C=N–C) groups is 1. The molecule has 1 aromatic rings. The Bertz CT molecular complexity index is 1190. The Morgan fingerprint density at radius 1 is 1.29 bits per heavy atom. The molecule has 1 aliphatic rings. The fraction of sp³-hybridized carbons (Fsp3) is 0.571. The molecule has 0 aromatic heterocycles. The zero-order valence-corrected chi connectivity index (χ0v) is 20.9. The van der Waals surface area contributed by atoms with Crippen molar-refractivity contribution in [2.75, 3.05) is 6.61 Å². The van der Waals surface area contributed by atoms with Crippen molar-refractivity contribution in [2.24, 2.45) is 4.99 Å². The number of nitrogens with zero attached hydrogens (tertiary/aromatic N) is 3. The molecular formula is C21H28FN3O9S. The standard InChI is InChI=1S/C21H28FN3O9S/c1-19(2,3)34-18(29)24(17(27)28)16-20(4,5)35(32,33)15(9-10-26)21(6,23-16)13-11-12(25(30)31)7-8-14(13)22/h7-8,11,15,26H,9-10H2,1-6H3,(H,27,28)/t15?,21-/m1/s1. The summed E-state index contributed by atoms with van der Waals surface area (Å²) in [6.45, 7) is 7.13. The van der Waals surface area contributed by atoms with Gasteiger partial charge in [-0.2, -0.15) is 4.90 Å². The van der Waals surface area contributed by atoms with E-state index in [4.69, 9.17) is 4.74 Å². The highest BCUT2D eigenvalue weighted by molar-refractivity contribution is 7.94. The number of aliphatic hydroxyl groups is 1. The van der Waals surface area contributed by atoms with Crippen molar-refractivity contribution in [3.8, 4) is 0 Å². The first kappa shape index (κ1) is 28.1. The van der Waals surface area contributed by atoms with Crippen LogP contribution in [0.4, 0.5) is 19.7 Å². The van der Waals surface area contributed by atoms with Crippen LogP contribution in [0.15, 0.2) is 23.2 Å². The number of carbonyl (C=O) groups is 2. The molecule has 0 spiro atoms. The average molecular weight is 518 g/mol. The molecule has 0 saturated carbocycles. The Hall–Kier alpha value is -3.13. The summed E-state index contributed by atoms with van der Waals surface area (Å²) in [5.74, 6) is -1.82. The second kappa shape index (κ2) is 9.15. The summed E-state index contributed by atoms with van der Waals surface area (Å²) in [5, 5.41) is 29.1. The lowest BCUT2D eigenvalue weighted by Crippen LogP contribution is -2.63. The second-order valence-electron chi connectivity index (χ2n) is 9.66. The van der Waals surface area contributed by atoms with Gasteiger partial charge in [0.25, 0.3) is 5.69 Å². The zero-order chi connectivity index (χ0) is 27.1. The van der Waals surface area contributed by atoms with Crippen molar-refractivity contribution in [1.29, 1.82) is 0 Å². The number of sulfone groups is 1. The molecule has 14 heteroatoms. The van der Waals surface area contributed by atoms with Crippen LogP contribution in [0.3, 0.4) is 0 Å². The van der Waals surface area contributed by atoms with E-state index >= 15 is 4.39 Å². The van der Waals surface area contributed by atoms with Crippen molar-refractivity contribution in [3.63, 3.8) is 0 Å². The molecule has 0 fully saturated rings. The SMILES string of the molecule is CC(C)(C)OC(=O)N(C(=O)O)C1=N[C@](C)(c2cc([N+](=O)[O-])ccc2F)C(CCO)S(=O)(=O)C1(C)C. The smallest absolute Gasteiger partial charge is 0.425 e. The maximum Gasteiger partial charge on any atom is 0.425 e. The fourth-order valence-electron chi connectivity index (χ4n) is 3.90. The number of carbonyl (C=O) groups excluding carboxylic acids is 1. The first-order chi connectivity index (χ1) is 15.8. The highest BCUT2D eigenvalue weighted by atomic mass is 32.2. The number of carboxylic acid groups (broad SMARTS) is 1. The summed E-state index contributed by atoms with van der Waals surface area (Å²) in [4.78, 5) is 39.8. The molecule has 2 rings (SSSR count). The Kier molecular flexibility index (Phi) is 7.35. The molecule has 1 heterocycles. The van der Waals surface area contributed by atoms with Gasteiger partial charge in [-0.15, -0.1) is 0 Å². The predicted octanol–water partition coefficient (Wildman–Crippen LogP) is 3.22. The van der Waals surface area contributed by atoms with Gasteiger partial charge in [-0.05, 0) is 54.0 Å². The summed E-state index contributed by atoms with van der Waals surface area (Å²) >= 11 is 0. The first-order valence-electron chi connectivity index (χ1n) is 10.5. The monoisotopic (exact) mass is 517 g/mol. The highest BCUT2D eigenvalue weighted by Gasteiger charge is 2.60. The maximum atomic E-state index is 15.0. The van der Waals surface area contributed by atoms with Crippen molar-refractivity contribution in [3.05, 3.63) is 39.7 Å². The average Bonchev–Trinajstić information content (AvgIpc) is 2.68. The molecule has 0 radical (unpaired) electrons. The molecule has 35 heavy (non-hydrogen) atoms. The van der Waals surface area contributed by atoms with Crippen LogP contribution in [-0.4, -0.2) is 68.7 Å². The summed E-state index contributed by atoms with van der Waals surface area (Å²) in [6, 6.07) is 2.44. The number of imide groups is 1. The number of aliphatic hydroxyl groups excluding tert-OH is 1. The lowest BCUT2D eigenvalue weighted by molar-refractivity contribution is -0.385. The molecule has 1 aromatic carbocycles. The predicted molar refractivity (Wildman–Crippen MR) is 122 cm³/mol. The Morgan fingerprint density at radius 3 is 2.31 bits per heavy atom. The third kappa shape index (κ3) is 4.98. The Balaban J connectivity index is 2.98. The van der Waals surface area contributed by atoms with Crippen LogP contribution in [0.1, 0.15) is 53.5 Å². The number of rotatable bonds is 4. The van der Waals surface area contributed by atoms with Crippen molar-refractivity contribution in [1.82, 2.24) is 4.90 Å². The Labute approximate surface area is 201 Å². The van der Waals surface area contributed by atoms with Crippen molar-refractivity contribution < 1.29 is 42.3 Å². The Morgan fingerprint density at radius 2 is 1.86 bits per heavy atom. The van der Waals surface area contributed by atoms with Crippen molar-refractivity contribution >= 4 is 33.5 Å². The molecular weight excluding hydrogens is 489 g/mol. The first-order valence-corrected chi connectivity index (χ1v) is 12.0. The van der Waals surface area contributed by atoms with E-state index in [0.29, 0.717) is 0 Å². The number of amides is 2. The van der Waals surface area contributed by atoms with Gasteiger partial charge >= 0.3 is 12.2 Å². The van der Waals surface area contributed by atoms with Crippen LogP contribution in [0, 0.1) is 15.9 Å². The van der Waals surface area contributed by atoms with Crippen LogP contribution >= 0.6 is 0 Å². The van der Waals surface area contributed by atoms with E-state index in [2.05, 4.69) is 4.99 Å². The topological polar surface area (TPSA) is 177 Å². The van der Waals surface area contributed by atoms with E-state index in [-0.39, 0.29) is 4.90 Å². The third-order valence-electron chi connectivity index (χ3n) is 5.67. The summed E-state index contributed by atoms with van der Waals surface area (Å²) < 4.78 is 45.6. The number of amidine groups is 1. The van der Waals surface area contributed by atoms with E-state index in [1.807, 2.05) is 0 Å². The van der Waals surface area contributed by atoms with Crippen LogP contribution in [-0.2, 0) is 20.1 Å². The molecule has 0 bridgehead atoms. The molecule has 2 amide bonds. The largest absolute Gasteiger partial charge is 0.464 e. The van der Waals surface area contributed by atoms with Gasteiger partial charge in [-0.1, -0.05) is 0 Å². The maximum absolute atomic E-state index is 15.0. The molecule has 12 nitrogen and oxygen atoms in total. The minimum atomic E-state index is -4.51. The highest BCUT2D eigenvalue weighted by Crippen LogP contribution is 2.46. The zero-order valence-electron chi connectivity index (χ0n) is 20.1. The van der Waals surface area contributed by atoms with Crippen LogP contribution < -0.4 is 0 Å². The van der Waals surface area contributed by atoms with Gasteiger partial charge in [0.15, 0.2) is 9.84 Å². The van der Waals surface area contributed by atoms with E-state index in [0.717, 1.165) is 39.0 Å². The molecule has 2 atom stereocenters. The number of nitro groups is 1. The van der Waals surface area contributed by atoms with Gasteiger partial charge in [-0.3, -0.25) is 15.1 Å². The molecule has 1 aliphatic heterocycles. The van der Waals surface area contributed by atoms with Crippen molar-refractivity contribution in [2.45, 2.75) is 69.1 Å². The lowest BCUT2D eigenvalue weighted by Gasteiger charge is -2.46. The lowest BCUT2D eigenvalue weighted by atomic mass is 9.85. The summed E-state index contributed by atoms with van der Waals surface area (Å²) in [5.41, 5.74) is -4.39. The van der Waals surface area contributed by atoms with Gasteiger partial charge in [0.1, 0.15) is 27.5 Å². The number of hydrogen-bond donors (Lipinski definition) is 2. The summed E-state index contributed by atoms with van der Waals surface area (Å²) in [6.07, 6.45) is -3.78. The van der Waals surface area contributed by atoms with Gasteiger partial charge < -0.3 is 14.9 Å². The number of hydrogen-bond acceptors (Lipinski definition) is 9. The van der Waals surface area contributed by atoms with E-state index in [1.165, 1.54) is 20.8 Å². The minimum Gasteiger partial charge on any atom is -0.464 e.